The number of hydrogen-bond acceptors (Lipinski definition) is 4. The van der Waals surface area contributed by atoms with Crippen LogP contribution in [0.1, 0.15) is 21.5 Å². The van der Waals surface area contributed by atoms with E-state index in [4.69, 9.17) is 0 Å². The normalized spacial score (nSPS) is 11.1. The molecule has 0 unspecified atom stereocenters. The minimum atomic E-state index is -3.92. The topological polar surface area (TPSA) is 88.2 Å². The molecule has 0 aliphatic rings. The number of amides is 1. The van der Waals surface area contributed by atoms with Crippen molar-refractivity contribution in [2.45, 2.75) is 18.2 Å². The lowest BCUT2D eigenvalue weighted by Crippen LogP contribution is -2.27. The Kier molecular flexibility index (Phi) is 6.23. The highest BCUT2D eigenvalue weighted by Gasteiger charge is 2.18. The van der Waals surface area contributed by atoms with Gasteiger partial charge in [0, 0.05) is 30.2 Å². The molecule has 150 valence electrons. The highest BCUT2D eigenvalue weighted by atomic mass is 32.2. The second kappa shape index (κ2) is 8.83. The van der Waals surface area contributed by atoms with E-state index in [1.54, 1.807) is 25.4 Å². The van der Waals surface area contributed by atoms with Crippen LogP contribution in [-0.2, 0) is 16.4 Å². The quantitative estimate of drug-likeness (QED) is 0.622. The van der Waals surface area contributed by atoms with Crippen LogP contribution in [0.4, 0.5) is 10.1 Å². The van der Waals surface area contributed by atoms with Gasteiger partial charge < -0.3 is 5.32 Å². The molecule has 1 amide bonds. The van der Waals surface area contributed by atoms with Gasteiger partial charge in [-0.05, 0) is 66.9 Å². The number of aryl methyl sites for hydroxylation is 1. The molecule has 0 spiro atoms. The molecular weight excluding hydrogens is 393 g/mol. The number of carbonyl (C=O) groups excluding carboxylic acids is 1. The molecule has 0 bridgehead atoms. The van der Waals surface area contributed by atoms with E-state index in [0.717, 1.165) is 17.7 Å². The summed E-state index contributed by atoms with van der Waals surface area (Å²) in [7, 11) is -3.92. The van der Waals surface area contributed by atoms with Crippen molar-refractivity contribution in [1.29, 1.82) is 0 Å². The Bertz CT molecular complexity index is 1100. The third-order valence-corrected chi connectivity index (χ3v) is 5.66. The number of hydrogen-bond donors (Lipinski definition) is 2. The molecule has 0 aliphatic heterocycles. The van der Waals surface area contributed by atoms with Crippen molar-refractivity contribution in [3.05, 3.63) is 89.5 Å². The number of aromatic nitrogens is 1. The summed E-state index contributed by atoms with van der Waals surface area (Å²) in [5.41, 5.74) is 2.15. The minimum Gasteiger partial charge on any atom is -0.352 e. The summed E-state index contributed by atoms with van der Waals surface area (Å²) >= 11 is 0. The molecule has 1 aromatic heterocycles. The summed E-state index contributed by atoms with van der Waals surface area (Å²) in [6.45, 7) is 2.13. The largest absolute Gasteiger partial charge is 0.352 e. The summed E-state index contributed by atoms with van der Waals surface area (Å²) in [6, 6.07) is 13.1. The van der Waals surface area contributed by atoms with Gasteiger partial charge in [0.1, 0.15) is 5.82 Å². The van der Waals surface area contributed by atoms with Gasteiger partial charge in [-0.2, -0.15) is 0 Å². The Morgan fingerprint density at radius 1 is 1.10 bits per heavy atom. The van der Waals surface area contributed by atoms with Gasteiger partial charge in [0.25, 0.3) is 15.9 Å². The van der Waals surface area contributed by atoms with E-state index >= 15 is 0 Å². The Morgan fingerprint density at radius 2 is 1.86 bits per heavy atom. The van der Waals surface area contributed by atoms with E-state index in [1.807, 2.05) is 12.1 Å². The van der Waals surface area contributed by atoms with Crippen LogP contribution >= 0.6 is 0 Å². The van der Waals surface area contributed by atoms with Gasteiger partial charge in [-0.1, -0.05) is 12.1 Å². The Morgan fingerprint density at radius 3 is 2.55 bits per heavy atom. The van der Waals surface area contributed by atoms with Crippen LogP contribution in [0.15, 0.2) is 71.9 Å². The molecule has 0 fully saturated rings. The summed E-state index contributed by atoms with van der Waals surface area (Å²) in [4.78, 5) is 16.5. The van der Waals surface area contributed by atoms with Crippen LogP contribution in [0.25, 0.3) is 0 Å². The fraction of sp³-hybridized carbons (Fsp3) is 0.143. The number of rotatable bonds is 7. The lowest BCUT2D eigenvalue weighted by atomic mass is 10.1. The van der Waals surface area contributed by atoms with E-state index in [1.165, 1.54) is 24.3 Å². The molecule has 8 heteroatoms. The number of nitrogens with zero attached hydrogens (tertiary/aromatic N) is 1. The van der Waals surface area contributed by atoms with Crippen LogP contribution in [0.5, 0.6) is 0 Å². The summed E-state index contributed by atoms with van der Waals surface area (Å²) < 4.78 is 40.6. The minimum absolute atomic E-state index is 0.0511. The molecule has 3 rings (SSSR count). The molecule has 0 saturated carbocycles. The van der Waals surface area contributed by atoms with Crippen molar-refractivity contribution in [2.75, 3.05) is 11.3 Å². The molecular formula is C21H20FN3O3S. The van der Waals surface area contributed by atoms with Crippen LogP contribution in [0.2, 0.25) is 0 Å². The summed E-state index contributed by atoms with van der Waals surface area (Å²) in [5.74, 6) is -0.821. The van der Waals surface area contributed by atoms with Crippen molar-refractivity contribution >= 4 is 21.6 Å². The smallest absolute Gasteiger partial charge is 0.261 e. The molecule has 2 aromatic carbocycles. The van der Waals surface area contributed by atoms with Gasteiger partial charge in [0.2, 0.25) is 0 Å². The highest BCUT2D eigenvalue weighted by Crippen LogP contribution is 2.19. The highest BCUT2D eigenvalue weighted by molar-refractivity contribution is 7.92. The van der Waals surface area contributed by atoms with E-state index < -0.39 is 15.8 Å². The van der Waals surface area contributed by atoms with Crippen molar-refractivity contribution in [3.8, 4) is 0 Å². The number of pyridine rings is 1. The molecule has 0 atom stereocenters. The molecule has 29 heavy (non-hydrogen) atoms. The molecule has 1 heterocycles. The average molecular weight is 413 g/mol. The third kappa shape index (κ3) is 5.39. The van der Waals surface area contributed by atoms with Gasteiger partial charge in [0.15, 0.2) is 0 Å². The molecule has 0 aliphatic carbocycles. The monoisotopic (exact) mass is 413 g/mol. The molecule has 6 nitrogen and oxygen atoms in total. The predicted octanol–water partition coefficient (Wildman–Crippen LogP) is 3.30. The van der Waals surface area contributed by atoms with Crippen molar-refractivity contribution in [1.82, 2.24) is 10.3 Å². The van der Waals surface area contributed by atoms with Gasteiger partial charge in [-0.3, -0.25) is 14.5 Å². The molecule has 0 saturated heterocycles. The van der Waals surface area contributed by atoms with Crippen molar-refractivity contribution in [2.24, 2.45) is 0 Å². The molecule has 0 radical (unpaired) electrons. The SMILES string of the molecule is Cc1ccc(S(=O)(=O)Nc2ccc(F)cc2)cc1C(=O)NCCc1cccnc1. The first-order chi connectivity index (χ1) is 13.8. The zero-order valence-electron chi connectivity index (χ0n) is 15.7. The van der Waals surface area contributed by atoms with E-state index in [0.29, 0.717) is 18.5 Å². The maximum absolute atomic E-state index is 13.0. The fourth-order valence-electron chi connectivity index (χ4n) is 2.71. The second-order valence-corrected chi connectivity index (χ2v) is 8.14. The Hall–Kier alpha value is -3.26. The standard InChI is InChI=1S/C21H20FN3O3S/c1-15-4-9-19(29(27,28)25-18-7-5-17(22)6-8-18)13-20(15)21(26)24-12-10-16-3-2-11-23-14-16/h2-9,11,13-14,25H,10,12H2,1H3,(H,24,26). The number of sulfonamides is 1. The summed E-state index contributed by atoms with van der Waals surface area (Å²) in [6.07, 6.45) is 4.02. The Labute approximate surface area is 168 Å². The van der Waals surface area contributed by atoms with Crippen LogP contribution in [-0.4, -0.2) is 25.9 Å². The van der Waals surface area contributed by atoms with Crippen molar-refractivity contribution in [3.63, 3.8) is 0 Å². The molecule has 2 N–H and O–H groups in total. The first-order valence-electron chi connectivity index (χ1n) is 8.91. The first kappa shape index (κ1) is 20.5. The zero-order valence-corrected chi connectivity index (χ0v) is 16.5. The van der Waals surface area contributed by atoms with E-state index in [2.05, 4.69) is 15.0 Å². The van der Waals surface area contributed by atoms with E-state index in [9.17, 15) is 17.6 Å². The number of nitrogens with one attached hydrogen (secondary N) is 2. The maximum Gasteiger partial charge on any atom is 0.261 e. The fourth-order valence-corrected chi connectivity index (χ4v) is 3.79. The number of anilines is 1. The number of halogens is 1. The number of benzene rings is 2. The van der Waals surface area contributed by atoms with Gasteiger partial charge >= 0.3 is 0 Å². The number of carbonyl (C=O) groups is 1. The molecule has 3 aromatic rings. The van der Waals surface area contributed by atoms with Crippen LogP contribution < -0.4 is 10.0 Å². The zero-order chi connectivity index (χ0) is 20.9. The van der Waals surface area contributed by atoms with Gasteiger partial charge in [0.05, 0.1) is 4.90 Å². The van der Waals surface area contributed by atoms with E-state index in [-0.39, 0.29) is 22.1 Å². The third-order valence-electron chi connectivity index (χ3n) is 4.28. The van der Waals surface area contributed by atoms with Crippen LogP contribution in [0.3, 0.4) is 0 Å². The second-order valence-electron chi connectivity index (χ2n) is 6.46. The Balaban J connectivity index is 1.72. The lowest BCUT2D eigenvalue weighted by molar-refractivity contribution is 0.0953. The van der Waals surface area contributed by atoms with Gasteiger partial charge in [-0.15, -0.1) is 0 Å². The average Bonchev–Trinajstić information content (AvgIpc) is 2.70. The van der Waals surface area contributed by atoms with Crippen LogP contribution in [0, 0.1) is 12.7 Å². The van der Waals surface area contributed by atoms with Gasteiger partial charge in [-0.25, -0.2) is 12.8 Å². The lowest BCUT2D eigenvalue weighted by Gasteiger charge is -2.12. The van der Waals surface area contributed by atoms with Crippen molar-refractivity contribution < 1.29 is 17.6 Å². The summed E-state index contributed by atoms with van der Waals surface area (Å²) in [5, 5.41) is 2.80. The predicted molar refractivity (Wildman–Crippen MR) is 109 cm³/mol. The first-order valence-corrected chi connectivity index (χ1v) is 10.4. The maximum atomic E-state index is 13.0.